The van der Waals surface area contributed by atoms with E-state index in [-0.39, 0.29) is 12.0 Å². The standard InChI is InChI=1S/C20H23NO6/c1-3-5-16(19(23)24)21-18(22)11(2)26-12-8-9-14-13-6-4-7-15(13)20(25)27-17(14)10-12/h8-11,16H,3-7H2,1-2H3,(H,21,22)(H,23,24)/p-1/t11-,16-/m0/s1. The molecule has 0 radical (unpaired) electrons. The van der Waals surface area contributed by atoms with Crippen LogP contribution in [0.2, 0.25) is 0 Å². The Morgan fingerprint density at radius 2 is 2.04 bits per heavy atom. The van der Waals surface area contributed by atoms with Crippen molar-refractivity contribution in [2.45, 2.75) is 58.1 Å². The summed E-state index contributed by atoms with van der Waals surface area (Å²) in [6.07, 6.45) is 2.49. The Hall–Kier alpha value is -2.83. The molecule has 27 heavy (non-hydrogen) atoms. The van der Waals surface area contributed by atoms with E-state index in [4.69, 9.17) is 9.15 Å². The fourth-order valence-corrected chi connectivity index (χ4v) is 3.42. The van der Waals surface area contributed by atoms with E-state index in [1.165, 1.54) is 6.92 Å². The highest BCUT2D eigenvalue weighted by Gasteiger charge is 2.22. The zero-order valence-corrected chi connectivity index (χ0v) is 15.4. The molecule has 1 N–H and O–H groups in total. The van der Waals surface area contributed by atoms with Gasteiger partial charge in [0.2, 0.25) is 0 Å². The maximum Gasteiger partial charge on any atom is 0.339 e. The molecule has 1 aromatic carbocycles. The molecule has 1 amide bonds. The van der Waals surface area contributed by atoms with E-state index in [0.717, 1.165) is 35.8 Å². The van der Waals surface area contributed by atoms with Gasteiger partial charge in [0.15, 0.2) is 6.10 Å². The summed E-state index contributed by atoms with van der Waals surface area (Å²) in [6.45, 7) is 3.35. The zero-order chi connectivity index (χ0) is 19.6. The first-order valence-corrected chi connectivity index (χ1v) is 9.17. The summed E-state index contributed by atoms with van der Waals surface area (Å²) in [6, 6.07) is 4.07. The average molecular weight is 372 g/mol. The smallest absolute Gasteiger partial charge is 0.339 e. The number of carboxylic acid groups (broad SMARTS) is 1. The monoisotopic (exact) mass is 372 g/mol. The lowest BCUT2D eigenvalue weighted by molar-refractivity contribution is -0.308. The lowest BCUT2D eigenvalue weighted by Crippen LogP contribution is -2.51. The van der Waals surface area contributed by atoms with Gasteiger partial charge in [0.05, 0.1) is 12.0 Å². The maximum absolute atomic E-state index is 12.2. The number of carbonyl (C=O) groups excluding carboxylic acids is 2. The van der Waals surface area contributed by atoms with Gasteiger partial charge in [-0.2, -0.15) is 0 Å². The fraction of sp³-hybridized carbons (Fsp3) is 0.450. The molecular formula is C20H22NO6-. The molecule has 1 heterocycles. The number of hydrogen-bond donors (Lipinski definition) is 1. The molecule has 144 valence electrons. The van der Waals surface area contributed by atoms with Crippen LogP contribution in [0.4, 0.5) is 0 Å². The van der Waals surface area contributed by atoms with E-state index in [1.807, 2.05) is 13.0 Å². The van der Waals surface area contributed by atoms with Crippen molar-refractivity contribution in [3.8, 4) is 5.75 Å². The van der Waals surface area contributed by atoms with Gasteiger partial charge in [-0.1, -0.05) is 13.3 Å². The summed E-state index contributed by atoms with van der Waals surface area (Å²) < 4.78 is 11.0. The number of amides is 1. The number of aryl methyl sites for hydroxylation is 1. The van der Waals surface area contributed by atoms with E-state index in [0.29, 0.717) is 17.8 Å². The second-order valence-electron chi connectivity index (χ2n) is 6.79. The van der Waals surface area contributed by atoms with Crippen molar-refractivity contribution in [1.29, 1.82) is 0 Å². The van der Waals surface area contributed by atoms with Gasteiger partial charge in [-0.3, -0.25) is 4.79 Å². The van der Waals surface area contributed by atoms with Crippen LogP contribution in [0, 0.1) is 0 Å². The first-order chi connectivity index (χ1) is 12.9. The Labute approximate surface area is 156 Å². The molecule has 0 spiro atoms. The second kappa shape index (κ2) is 7.82. The minimum atomic E-state index is -1.32. The highest BCUT2D eigenvalue weighted by molar-refractivity contribution is 5.86. The van der Waals surface area contributed by atoms with Crippen molar-refractivity contribution < 1.29 is 23.8 Å². The highest BCUT2D eigenvalue weighted by Crippen LogP contribution is 2.29. The molecule has 1 aliphatic carbocycles. The van der Waals surface area contributed by atoms with Crippen molar-refractivity contribution >= 4 is 22.8 Å². The summed E-state index contributed by atoms with van der Waals surface area (Å²) in [7, 11) is 0. The maximum atomic E-state index is 12.2. The van der Waals surface area contributed by atoms with Crippen LogP contribution in [0.1, 0.15) is 44.2 Å². The summed E-state index contributed by atoms with van der Waals surface area (Å²) >= 11 is 0. The first kappa shape index (κ1) is 18.9. The second-order valence-corrected chi connectivity index (χ2v) is 6.79. The number of carbonyl (C=O) groups is 2. The van der Waals surface area contributed by atoms with Crippen LogP contribution < -0.4 is 20.8 Å². The Bertz CT molecular complexity index is 932. The van der Waals surface area contributed by atoms with E-state index < -0.39 is 24.0 Å². The molecule has 3 rings (SSSR count). The van der Waals surface area contributed by atoms with Crippen molar-refractivity contribution in [1.82, 2.24) is 5.32 Å². The van der Waals surface area contributed by atoms with E-state index in [1.54, 1.807) is 12.1 Å². The van der Waals surface area contributed by atoms with Gasteiger partial charge in [0.25, 0.3) is 5.91 Å². The SMILES string of the molecule is CCC[C@H](NC(=O)[C@H](C)Oc1ccc2c3c(c(=O)oc2c1)CCC3)C(=O)[O-]. The predicted octanol–water partition coefficient (Wildman–Crippen LogP) is 1.08. The molecule has 1 aliphatic rings. The van der Waals surface area contributed by atoms with Crippen LogP contribution in [-0.2, 0) is 22.4 Å². The largest absolute Gasteiger partial charge is 0.548 e. The highest BCUT2D eigenvalue weighted by atomic mass is 16.5. The third kappa shape index (κ3) is 3.97. The first-order valence-electron chi connectivity index (χ1n) is 9.17. The van der Waals surface area contributed by atoms with Gasteiger partial charge in [-0.05, 0) is 50.3 Å². The molecule has 1 aromatic heterocycles. The minimum absolute atomic E-state index is 0.285. The van der Waals surface area contributed by atoms with Crippen molar-refractivity contribution in [2.24, 2.45) is 0 Å². The van der Waals surface area contributed by atoms with Crippen LogP contribution in [0.25, 0.3) is 11.0 Å². The number of carboxylic acids is 1. The molecule has 2 aromatic rings. The lowest BCUT2D eigenvalue weighted by Gasteiger charge is -2.22. The average Bonchev–Trinajstić information content (AvgIpc) is 3.11. The third-order valence-electron chi connectivity index (χ3n) is 4.81. The Kier molecular flexibility index (Phi) is 5.48. The summed E-state index contributed by atoms with van der Waals surface area (Å²) in [4.78, 5) is 35.4. The molecule has 0 saturated heterocycles. The number of rotatable bonds is 7. The summed E-state index contributed by atoms with van der Waals surface area (Å²) in [5.41, 5.74) is 1.86. The van der Waals surface area contributed by atoms with Gasteiger partial charge in [-0.25, -0.2) is 4.79 Å². The van der Waals surface area contributed by atoms with Crippen LogP contribution in [0.3, 0.4) is 0 Å². The normalized spacial score (nSPS) is 15.2. The van der Waals surface area contributed by atoms with Gasteiger partial charge >= 0.3 is 5.63 Å². The number of fused-ring (bicyclic) bond motifs is 3. The molecule has 7 heteroatoms. The molecule has 0 unspecified atom stereocenters. The minimum Gasteiger partial charge on any atom is -0.548 e. The number of aliphatic carboxylic acids is 1. The molecule has 0 bridgehead atoms. The summed E-state index contributed by atoms with van der Waals surface area (Å²) in [5.74, 6) is -1.50. The Balaban J connectivity index is 1.76. The van der Waals surface area contributed by atoms with Gasteiger partial charge < -0.3 is 24.4 Å². The Morgan fingerprint density at radius 1 is 1.30 bits per heavy atom. The molecule has 0 saturated carbocycles. The van der Waals surface area contributed by atoms with Gasteiger partial charge in [0, 0.05) is 17.0 Å². The van der Waals surface area contributed by atoms with E-state index in [2.05, 4.69) is 5.32 Å². The van der Waals surface area contributed by atoms with Gasteiger partial charge in [0.1, 0.15) is 11.3 Å². The Morgan fingerprint density at radius 3 is 2.74 bits per heavy atom. The number of hydrogen-bond acceptors (Lipinski definition) is 6. The van der Waals surface area contributed by atoms with E-state index in [9.17, 15) is 19.5 Å². The molecule has 7 nitrogen and oxygen atoms in total. The molecule has 2 atom stereocenters. The van der Waals surface area contributed by atoms with Gasteiger partial charge in [-0.15, -0.1) is 0 Å². The van der Waals surface area contributed by atoms with Crippen molar-refractivity contribution in [2.75, 3.05) is 0 Å². The van der Waals surface area contributed by atoms with E-state index >= 15 is 0 Å². The topological polar surface area (TPSA) is 109 Å². The molecular weight excluding hydrogens is 350 g/mol. The summed E-state index contributed by atoms with van der Waals surface area (Å²) in [5, 5.41) is 14.4. The van der Waals surface area contributed by atoms with Crippen LogP contribution in [0.5, 0.6) is 5.75 Å². The molecule has 0 fully saturated rings. The van der Waals surface area contributed by atoms with Crippen molar-refractivity contribution in [3.05, 3.63) is 39.7 Å². The van der Waals surface area contributed by atoms with Crippen LogP contribution >= 0.6 is 0 Å². The molecule has 0 aliphatic heterocycles. The van der Waals surface area contributed by atoms with Crippen molar-refractivity contribution in [3.63, 3.8) is 0 Å². The number of benzene rings is 1. The van der Waals surface area contributed by atoms with Crippen LogP contribution in [0.15, 0.2) is 27.4 Å². The van der Waals surface area contributed by atoms with Crippen LogP contribution in [-0.4, -0.2) is 24.0 Å². The number of nitrogens with one attached hydrogen (secondary N) is 1. The quantitative estimate of drug-likeness (QED) is 0.729. The zero-order valence-electron chi connectivity index (χ0n) is 15.4. The predicted molar refractivity (Wildman–Crippen MR) is 96.4 cm³/mol. The lowest BCUT2D eigenvalue weighted by atomic mass is 10.1. The fourth-order valence-electron chi connectivity index (χ4n) is 3.42. The number of ether oxygens (including phenoxy) is 1. The third-order valence-corrected chi connectivity index (χ3v) is 4.81.